The number of hydrogen-bond donors (Lipinski definition) is 0. The van der Waals surface area contributed by atoms with Crippen LogP contribution in [-0.4, -0.2) is 0 Å². The van der Waals surface area contributed by atoms with E-state index < -0.39 is 0 Å². The molecular weight excluding hydrogens is 456 g/mol. The van der Waals surface area contributed by atoms with Crippen molar-refractivity contribution in [3.8, 4) is 0 Å². The van der Waals surface area contributed by atoms with Crippen LogP contribution in [0.3, 0.4) is 0 Å². The Kier molecular flexibility index (Phi) is 1120. The molecule has 0 N–H and O–H groups in total. The van der Waals surface area contributed by atoms with Crippen molar-refractivity contribution < 1.29 is 0 Å². The van der Waals surface area contributed by atoms with Crippen molar-refractivity contribution in [3.05, 3.63) is 0 Å². The Morgan fingerprint density at radius 2 is 0.132 bits per heavy atom. The van der Waals surface area contributed by atoms with E-state index in [4.69, 9.17) is 0 Å². The van der Waals surface area contributed by atoms with Gasteiger partial charge in [-0.1, -0.05) is 260 Å². The zero-order valence-electron chi connectivity index (χ0n) is 29.8. The van der Waals surface area contributed by atoms with E-state index in [-0.39, 0.29) is 37.1 Å². The summed E-state index contributed by atoms with van der Waals surface area (Å²) in [5.41, 5.74) is 0. The molecule has 0 aromatic heterocycles. The van der Waals surface area contributed by atoms with Gasteiger partial charge in [-0.15, -0.1) is 0 Å². The van der Waals surface area contributed by atoms with Crippen molar-refractivity contribution in [2.24, 2.45) is 0 Å². The van der Waals surface area contributed by atoms with Crippen LogP contribution < -0.4 is 0 Å². The van der Waals surface area contributed by atoms with E-state index in [9.17, 15) is 0 Å². The quantitative estimate of drug-likeness (QED) is 0.274. The topological polar surface area (TPSA) is 0 Å². The first kappa shape index (κ1) is 107. The highest BCUT2D eigenvalue weighted by molar-refractivity contribution is 3.95. The third-order valence-electron chi connectivity index (χ3n) is 0. The maximum absolute atomic E-state index is 2.12. The fourth-order valence-electron chi connectivity index (χ4n) is 0. The molecule has 0 amide bonds. The minimum Gasteiger partial charge on any atom is -0.0776 e. The maximum atomic E-state index is 2.12. The highest BCUT2D eigenvalue weighted by atomic mass is 13.5. The van der Waals surface area contributed by atoms with Crippen LogP contribution in [0.2, 0.25) is 0 Å². The molecule has 0 fully saturated rings. The van der Waals surface area contributed by atoms with Gasteiger partial charge in [0.2, 0.25) is 0 Å². The Balaban J connectivity index is -0.00000000988. The van der Waals surface area contributed by atoms with E-state index in [1.807, 2.05) is 0 Å². The molecule has 38 heavy (non-hydrogen) atoms. The van der Waals surface area contributed by atoms with E-state index >= 15 is 0 Å². The van der Waals surface area contributed by atoms with Crippen molar-refractivity contribution in [1.29, 1.82) is 0 Å². The predicted molar refractivity (Wildman–Crippen MR) is 209 cm³/mol. The number of hydrogen-bond acceptors (Lipinski definition) is 0. The van der Waals surface area contributed by atoms with E-state index in [2.05, 4.69) is 152 Å². The summed E-state index contributed by atoms with van der Waals surface area (Å²) >= 11 is 0. The van der Waals surface area contributed by atoms with Gasteiger partial charge in [0, 0.05) is 0 Å². The van der Waals surface area contributed by atoms with Crippen LogP contribution in [0.4, 0.5) is 0 Å². The average molecular weight is 565 g/mol. The van der Waals surface area contributed by atoms with E-state index in [0.29, 0.717) is 0 Å². The lowest BCUT2D eigenvalue weighted by Gasteiger charge is -1.48. The molecule has 0 aliphatic carbocycles. The van der Waals surface area contributed by atoms with Gasteiger partial charge in [-0.2, -0.15) is 0 Å². The fraction of sp³-hybridized carbons (Fsp3) is 1.00. The van der Waals surface area contributed by atoms with Gasteiger partial charge >= 0.3 is 0 Å². The second-order valence-corrected chi connectivity index (χ2v) is 7.78. The van der Waals surface area contributed by atoms with Crippen molar-refractivity contribution in [2.75, 3.05) is 0 Å². The van der Waals surface area contributed by atoms with E-state index in [0.717, 1.165) is 0 Å². The van der Waals surface area contributed by atoms with Gasteiger partial charge in [0.25, 0.3) is 0 Å². The van der Waals surface area contributed by atoms with Crippen LogP contribution in [-0.2, 0) is 0 Å². The minimum absolute atomic E-state index is 0. The highest BCUT2D eigenvalue weighted by Crippen LogP contribution is 1.59. The van der Waals surface area contributed by atoms with Crippen molar-refractivity contribution >= 4 is 0 Å². The van der Waals surface area contributed by atoms with E-state index in [1.54, 1.807) is 0 Å². The largest absolute Gasteiger partial charge is 0.0776 e. The summed E-state index contributed by atoms with van der Waals surface area (Å²) in [5, 5.41) is 0. The third kappa shape index (κ3) is 0. The van der Waals surface area contributed by atoms with Gasteiger partial charge in [-0.05, 0) is 0 Å². The van der Waals surface area contributed by atoms with Gasteiger partial charge in [0.05, 0.1) is 0 Å². The van der Waals surface area contributed by atoms with Crippen LogP contribution in [0.15, 0.2) is 0 Å². The zero-order valence-corrected chi connectivity index (χ0v) is 29.8. The predicted octanol–water partition coefficient (Wildman–Crippen LogP) is 18.8. The molecule has 0 radical (unpaired) electrons. The molecule has 0 saturated heterocycles. The molecule has 0 spiro atoms. The molecule has 0 aliphatic heterocycles. The second-order valence-electron chi connectivity index (χ2n) is 7.78. The molecule has 0 nitrogen and oxygen atoms in total. The standard InChI is InChI=1S/11C3H8.5CH4/c11*1-3-2;;;;;/h11*3H2,1-2H3;5*1H4. The molecule has 0 aromatic carbocycles. The summed E-state index contributed by atoms with van der Waals surface area (Å²) in [6.45, 7) is 46.8. The SMILES string of the molecule is C.C.C.C.C.CCC.CCC.CCC.CCC.CCC.CCC.CCC.CCC.CCC.CCC.CCC. The molecule has 0 heteroatoms. The molecule has 0 bridgehead atoms. The highest BCUT2D eigenvalue weighted by Gasteiger charge is 1.38. The number of rotatable bonds is 0. The van der Waals surface area contributed by atoms with Crippen LogP contribution in [0.5, 0.6) is 0 Å². The fourth-order valence-corrected chi connectivity index (χ4v) is 0. The molecule has 0 aliphatic rings. The van der Waals surface area contributed by atoms with Crippen LogP contribution >= 0.6 is 0 Å². The third-order valence-corrected chi connectivity index (χ3v) is 0. The Morgan fingerprint density at radius 3 is 0.132 bits per heavy atom. The van der Waals surface area contributed by atoms with E-state index in [1.165, 1.54) is 70.6 Å². The summed E-state index contributed by atoms with van der Waals surface area (Å²) in [5.74, 6) is 0. The lowest BCUT2D eigenvalue weighted by atomic mass is 10.6. The molecule has 0 aromatic rings. The lowest BCUT2D eigenvalue weighted by Crippen LogP contribution is -1.27. The Bertz CT molecular complexity index is 38.1. The van der Waals surface area contributed by atoms with Gasteiger partial charge in [-0.3, -0.25) is 0 Å². The van der Waals surface area contributed by atoms with Crippen molar-refractivity contribution in [2.45, 2.75) is 260 Å². The van der Waals surface area contributed by atoms with Crippen LogP contribution in [0, 0.1) is 0 Å². The zero-order chi connectivity index (χ0) is 29.8. The van der Waals surface area contributed by atoms with Gasteiger partial charge in [0.15, 0.2) is 0 Å². The molecule has 0 saturated carbocycles. The molecular formula is C38H108. The summed E-state index contributed by atoms with van der Waals surface area (Å²) < 4.78 is 0. The van der Waals surface area contributed by atoms with Crippen molar-refractivity contribution in [1.82, 2.24) is 0 Å². The lowest BCUT2D eigenvalue weighted by molar-refractivity contribution is 1.09. The summed E-state index contributed by atoms with van der Waals surface area (Å²) in [6, 6.07) is 0. The first-order valence-electron chi connectivity index (χ1n) is 15.6. The Hall–Kier alpha value is 0. The van der Waals surface area contributed by atoms with Crippen molar-refractivity contribution in [3.63, 3.8) is 0 Å². The second kappa shape index (κ2) is 396. The van der Waals surface area contributed by atoms with Crippen LogP contribution in [0.1, 0.15) is 260 Å². The molecule has 0 heterocycles. The van der Waals surface area contributed by atoms with Crippen LogP contribution in [0.25, 0.3) is 0 Å². The monoisotopic (exact) mass is 565 g/mol. The van der Waals surface area contributed by atoms with Gasteiger partial charge in [-0.25, -0.2) is 0 Å². The van der Waals surface area contributed by atoms with Gasteiger partial charge < -0.3 is 0 Å². The summed E-state index contributed by atoms with van der Waals surface area (Å²) in [7, 11) is 0. The first-order chi connectivity index (χ1) is 15.6. The normalized spacial score (nSPS) is 5.21. The minimum atomic E-state index is 0. The smallest absolute Gasteiger partial charge is 0.0590 e. The summed E-state index contributed by atoms with van der Waals surface area (Å²) in [6.07, 6.45) is 13.8. The molecule has 0 atom stereocenters. The van der Waals surface area contributed by atoms with Gasteiger partial charge in [0.1, 0.15) is 0 Å². The summed E-state index contributed by atoms with van der Waals surface area (Å²) in [4.78, 5) is 0. The Labute approximate surface area is 259 Å². The Morgan fingerprint density at radius 1 is 0.132 bits per heavy atom. The maximum Gasteiger partial charge on any atom is -0.0590 e. The molecule has 0 rings (SSSR count). The molecule has 260 valence electrons. The molecule has 0 unspecified atom stereocenters. The first-order valence-corrected chi connectivity index (χ1v) is 15.6. The average Bonchev–Trinajstić information content (AvgIpc) is 2.68.